The monoisotopic (exact) mass is 565 g/mol. The van der Waals surface area contributed by atoms with Crippen LogP contribution in [-0.2, 0) is 15.9 Å². The fourth-order valence-electron chi connectivity index (χ4n) is 4.70. The average molecular weight is 566 g/mol. The second-order valence-corrected chi connectivity index (χ2v) is 13.1. The molecule has 2 aromatic heterocycles. The van der Waals surface area contributed by atoms with Crippen molar-refractivity contribution in [2.45, 2.75) is 63.2 Å². The van der Waals surface area contributed by atoms with E-state index in [2.05, 4.69) is 37.1 Å². The smallest absolute Gasteiger partial charge is 0.419 e. The van der Waals surface area contributed by atoms with E-state index in [0.29, 0.717) is 27.9 Å². The zero-order valence-electron chi connectivity index (χ0n) is 24.3. The molecule has 0 aliphatic rings. The summed E-state index contributed by atoms with van der Waals surface area (Å²) in [4.78, 5) is 32.4. The molecule has 2 heterocycles. The van der Waals surface area contributed by atoms with Gasteiger partial charge in [0, 0.05) is 39.5 Å². The molecule has 3 aromatic carbocycles. The van der Waals surface area contributed by atoms with Crippen LogP contribution in [0.3, 0.4) is 0 Å². The second kappa shape index (κ2) is 11.1. The fourth-order valence-corrected chi connectivity index (χ4v) is 5.79. The number of carbonyl (C=O) groups is 2. The van der Waals surface area contributed by atoms with Crippen molar-refractivity contribution < 1.29 is 14.3 Å². The Bertz CT molecular complexity index is 1740. The highest BCUT2D eigenvalue weighted by Gasteiger charge is 2.25. The SMILES string of the molecule is CC(C)(C)OC(=O)n1cc(C(=O)Nc2ccc(C(C)(C)C)cc2)c2c(SCc3ccnc4ccccc34)cccc21. The van der Waals surface area contributed by atoms with Crippen LogP contribution in [0.25, 0.3) is 21.8 Å². The third-order valence-electron chi connectivity index (χ3n) is 6.76. The Morgan fingerprint density at radius 1 is 0.902 bits per heavy atom. The van der Waals surface area contributed by atoms with Gasteiger partial charge in [0.05, 0.1) is 16.6 Å². The van der Waals surface area contributed by atoms with Gasteiger partial charge < -0.3 is 10.1 Å². The fraction of sp³-hybridized carbons (Fsp3) is 0.265. The third-order valence-corrected chi connectivity index (χ3v) is 7.86. The lowest BCUT2D eigenvalue weighted by atomic mass is 9.87. The van der Waals surface area contributed by atoms with E-state index in [4.69, 9.17) is 4.74 Å². The molecule has 0 saturated carbocycles. The van der Waals surface area contributed by atoms with Crippen LogP contribution in [0.2, 0.25) is 0 Å². The molecule has 0 aliphatic carbocycles. The number of amides is 1. The Hall–Kier alpha value is -4.10. The van der Waals surface area contributed by atoms with Crippen molar-refractivity contribution >= 4 is 51.3 Å². The standard InChI is InChI=1S/C34H35N3O3S/c1-33(2,3)23-14-16-24(17-15-23)36-31(38)26-20-37(32(39)40-34(4,5)6)28-12-9-13-29(30(26)28)41-21-22-18-19-35-27-11-8-7-10-25(22)27/h7-20H,21H2,1-6H3,(H,36,38). The third kappa shape index (κ3) is 6.30. The number of nitrogens with one attached hydrogen (secondary N) is 1. The molecule has 0 radical (unpaired) electrons. The number of carbonyl (C=O) groups excluding carboxylic acids is 2. The van der Waals surface area contributed by atoms with E-state index >= 15 is 0 Å². The van der Waals surface area contributed by atoms with Crippen LogP contribution in [0.15, 0.2) is 90.1 Å². The predicted octanol–water partition coefficient (Wildman–Crippen LogP) is 8.81. The Balaban J connectivity index is 1.53. The minimum Gasteiger partial charge on any atom is -0.443 e. The lowest BCUT2D eigenvalue weighted by molar-refractivity contribution is 0.0544. The number of nitrogens with zero attached hydrogens (tertiary/aromatic N) is 2. The molecule has 41 heavy (non-hydrogen) atoms. The number of hydrogen-bond acceptors (Lipinski definition) is 5. The van der Waals surface area contributed by atoms with Crippen LogP contribution >= 0.6 is 11.8 Å². The summed E-state index contributed by atoms with van der Waals surface area (Å²) in [6, 6.07) is 23.7. The van der Waals surface area contributed by atoms with Crippen molar-refractivity contribution in [1.29, 1.82) is 0 Å². The number of hydrogen-bond donors (Lipinski definition) is 1. The van der Waals surface area contributed by atoms with E-state index in [-0.39, 0.29) is 11.3 Å². The van der Waals surface area contributed by atoms with E-state index < -0.39 is 11.7 Å². The Morgan fingerprint density at radius 2 is 1.63 bits per heavy atom. The van der Waals surface area contributed by atoms with Crippen molar-refractivity contribution in [3.8, 4) is 0 Å². The first-order valence-corrected chi connectivity index (χ1v) is 14.6. The quantitative estimate of drug-likeness (QED) is 0.216. The van der Waals surface area contributed by atoms with Gasteiger partial charge in [0.1, 0.15) is 5.60 Å². The van der Waals surface area contributed by atoms with Gasteiger partial charge in [-0.25, -0.2) is 4.79 Å². The van der Waals surface area contributed by atoms with E-state index in [0.717, 1.165) is 21.4 Å². The van der Waals surface area contributed by atoms with Crippen LogP contribution in [0.5, 0.6) is 0 Å². The molecule has 5 aromatic rings. The summed E-state index contributed by atoms with van der Waals surface area (Å²) in [5.74, 6) is 0.387. The van der Waals surface area contributed by atoms with Crippen LogP contribution in [0, 0.1) is 0 Å². The summed E-state index contributed by atoms with van der Waals surface area (Å²) in [7, 11) is 0. The molecule has 7 heteroatoms. The molecule has 1 amide bonds. The summed E-state index contributed by atoms with van der Waals surface area (Å²) >= 11 is 1.63. The number of fused-ring (bicyclic) bond motifs is 2. The van der Waals surface area contributed by atoms with Gasteiger partial charge in [-0.3, -0.25) is 14.3 Å². The maximum atomic E-state index is 13.7. The average Bonchev–Trinajstić information content (AvgIpc) is 3.32. The van der Waals surface area contributed by atoms with Crippen molar-refractivity contribution in [3.63, 3.8) is 0 Å². The van der Waals surface area contributed by atoms with Gasteiger partial charge in [0.15, 0.2) is 0 Å². The molecular weight excluding hydrogens is 530 g/mol. The first kappa shape index (κ1) is 28.4. The minimum absolute atomic E-state index is 0.00957. The van der Waals surface area contributed by atoms with Crippen molar-refractivity contribution in [2.75, 3.05) is 5.32 Å². The highest BCUT2D eigenvalue weighted by atomic mass is 32.2. The highest BCUT2D eigenvalue weighted by molar-refractivity contribution is 7.98. The molecule has 0 spiro atoms. The van der Waals surface area contributed by atoms with E-state index in [1.54, 1.807) is 18.0 Å². The maximum Gasteiger partial charge on any atom is 0.419 e. The molecule has 1 N–H and O–H groups in total. The molecule has 0 aliphatic heterocycles. The lowest BCUT2D eigenvalue weighted by Crippen LogP contribution is -2.26. The number of benzene rings is 3. The number of para-hydroxylation sites is 1. The largest absolute Gasteiger partial charge is 0.443 e. The number of anilines is 1. The van der Waals surface area contributed by atoms with Gasteiger partial charge in [-0.15, -0.1) is 11.8 Å². The number of thioether (sulfide) groups is 1. The first-order valence-electron chi connectivity index (χ1n) is 13.7. The molecule has 0 unspecified atom stereocenters. The molecular formula is C34H35N3O3S. The molecule has 5 rings (SSSR count). The van der Waals surface area contributed by atoms with Gasteiger partial charge in [-0.1, -0.05) is 57.2 Å². The number of pyridine rings is 1. The number of ether oxygens (including phenoxy) is 1. The molecule has 0 atom stereocenters. The number of aromatic nitrogens is 2. The van der Waals surface area contributed by atoms with Crippen LogP contribution < -0.4 is 5.32 Å². The maximum absolute atomic E-state index is 13.7. The van der Waals surface area contributed by atoms with Gasteiger partial charge in [-0.05, 0) is 73.7 Å². The Kier molecular flexibility index (Phi) is 7.66. The summed E-state index contributed by atoms with van der Waals surface area (Å²) < 4.78 is 7.12. The second-order valence-electron chi connectivity index (χ2n) is 12.1. The Morgan fingerprint density at radius 3 is 2.34 bits per heavy atom. The van der Waals surface area contributed by atoms with Gasteiger partial charge in [0.25, 0.3) is 5.91 Å². The summed E-state index contributed by atoms with van der Waals surface area (Å²) in [5, 5.41) is 4.84. The van der Waals surface area contributed by atoms with Gasteiger partial charge in [0.2, 0.25) is 0 Å². The van der Waals surface area contributed by atoms with Crippen LogP contribution in [0.4, 0.5) is 10.5 Å². The first-order chi connectivity index (χ1) is 19.4. The van der Waals surface area contributed by atoms with Crippen LogP contribution in [0.1, 0.15) is 63.0 Å². The van der Waals surface area contributed by atoms with Gasteiger partial charge >= 0.3 is 6.09 Å². The topological polar surface area (TPSA) is 73.2 Å². The van der Waals surface area contributed by atoms with E-state index in [1.165, 1.54) is 10.1 Å². The zero-order chi connectivity index (χ0) is 29.4. The zero-order valence-corrected chi connectivity index (χ0v) is 25.1. The highest BCUT2D eigenvalue weighted by Crippen LogP contribution is 2.36. The summed E-state index contributed by atoms with van der Waals surface area (Å²) in [6.07, 6.45) is 2.88. The lowest BCUT2D eigenvalue weighted by Gasteiger charge is -2.19. The van der Waals surface area contributed by atoms with E-state index in [1.807, 2.05) is 93.7 Å². The van der Waals surface area contributed by atoms with Crippen molar-refractivity contribution in [2.24, 2.45) is 0 Å². The summed E-state index contributed by atoms with van der Waals surface area (Å²) in [5.41, 5.74) is 4.32. The normalized spacial score (nSPS) is 12.0. The summed E-state index contributed by atoms with van der Waals surface area (Å²) in [6.45, 7) is 11.9. The molecule has 0 saturated heterocycles. The predicted molar refractivity (Wildman–Crippen MR) is 168 cm³/mol. The Labute approximate surface area is 245 Å². The van der Waals surface area contributed by atoms with E-state index in [9.17, 15) is 9.59 Å². The molecule has 0 fully saturated rings. The van der Waals surface area contributed by atoms with Crippen molar-refractivity contribution in [1.82, 2.24) is 9.55 Å². The molecule has 6 nitrogen and oxygen atoms in total. The van der Waals surface area contributed by atoms with Crippen molar-refractivity contribution in [3.05, 3.63) is 102 Å². The van der Waals surface area contributed by atoms with Gasteiger partial charge in [-0.2, -0.15) is 0 Å². The molecule has 0 bridgehead atoms. The number of rotatable bonds is 5. The van der Waals surface area contributed by atoms with Crippen LogP contribution in [-0.4, -0.2) is 27.2 Å². The minimum atomic E-state index is -0.681. The molecule has 210 valence electrons.